The third-order valence-corrected chi connectivity index (χ3v) is 5.43. The Labute approximate surface area is 193 Å². The minimum Gasteiger partial charge on any atom is -0.497 e. The molecule has 0 fully saturated rings. The predicted octanol–water partition coefficient (Wildman–Crippen LogP) is 4.56. The molecule has 168 valence electrons. The van der Waals surface area contributed by atoms with Gasteiger partial charge in [0.25, 0.3) is 5.91 Å². The molecule has 1 atom stereocenters. The van der Waals surface area contributed by atoms with E-state index in [0.29, 0.717) is 25.3 Å². The molecular formula is C24H31BrN2O4. The highest BCUT2D eigenvalue weighted by Gasteiger charge is 2.28. The van der Waals surface area contributed by atoms with Crippen molar-refractivity contribution in [3.05, 3.63) is 58.6 Å². The zero-order valence-corrected chi connectivity index (χ0v) is 20.0. The van der Waals surface area contributed by atoms with Crippen LogP contribution in [0.15, 0.2) is 53.0 Å². The first-order valence-electron chi connectivity index (χ1n) is 10.6. The van der Waals surface area contributed by atoms with Crippen molar-refractivity contribution >= 4 is 27.7 Å². The number of halogens is 1. The minimum absolute atomic E-state index is 0.138. The zero-order chi connectivity index (χ0) is 22.6. The number of nitrogens with one attached hydrogen (secondary N) is 1. The van der Waals surface area contributed by atoms with Crippen molar-refractivity contribution in [3.8, 4) is 11.5 Å². The van der Waals surface area contributed by atoms with Gasteiger partial charge < -0.3 is 19.7 Å². The molecule has 7 heteroatoms. The van der Waals surface area contributed by atoms with Gasteiger partial charge in [-0.15, -0.1) is 0 Å². The third-order valence-electron chi connectivity index (χ3n) is 4.90. The summed E-state index contributed by atoms with van der Waals surface area (Å²) in [5, 5.41) is 2.96. The van der Waals surface area contributed by atoms with Gasteiger partial charge in [0.05, 0.1) is 7.11 Å². The van der Waals surface area contributed by atoms with Gasteiger partial charge in [-0.05, 0) is 54.8 Å². The van der Waals surface area contributed by atoms with Crippen LogP contribution < -0.4 is 14.8 Å². The molecule has 31 heavy (non-hydrogen) atoms. The molecule has 1 N–H and O–H groups in total. The lowest BCUT2D eigenvalue weighted by molar-refractivity contribution is -0.143. The molecule has 0 aliphatic carbocycles. The van der Waals surface area contributed by atoms with E-state index in [0.717, 1.165) is 28.6 Å². The Kier molecular flexibility index (Phi) is 10.4. The molecule has 0 aromatic heterocycles. The first kappa shape index (κ1) is 24.7. The number of ether oxygens (including phenoxy) is 2. The molecule has 0 aliphatic heterocycles. The molecule has 0 radical (unpaired) electrons. The normalized spacial score (nSPS) is 11.5. The highest BCUT2D eigenvalue weighted by molar-refractivity contribution is 9.10. The maximum absolute atomic E-state index is 13.1. The average molecular weight is 491 g/mol. The van der Waals surface area contributed by atoms with Gasteiger partial charge in [0, 0.05) is 17.6 Å². The van der Waals surface area contributed by atoms with Crippen LogP contribution in [0.4, 0.5) is 0 Å². The van der Waals surface area contributed by atoms with Crippen molar-refractivity contribution in [1.29, 1.82) is 0 Å². The molecule has 2 amide bonds. The molecule has 0 heterocycles. The van der Waals surface area contributed by atoms with Gasteiger partial charge in [-0.1, -0.05) is 48.3 Å². The molecule has 2 aromatic carbocycles. The van der Waals surface area contributed by atoms with E-state index in [1.165, 1.54) is 0 Å². The molecule has 0 unspecified atom stereocenters. The van der Waals surface area contributed by atoms with Gasteiger partial charge >= 0.3 is 0 Å². The molecule has 0 bridgehead atoms. The molecule has 2 aromatic rings. The van der Waals surface area contributed by atoms with Crippen LogP contribution >= 0.6 is 15.9 Å². The Balaban J connectivity index is 2.16. The zero-order valence-electron chi connectivity index (χ0n) is 18.4. The standard InChI is InChI=1S/C24H31BrN2O4/c1-4-6-15-26-24(29)22(5-2)27(16-18-7-11-20(30-3)12-8-18)23(28)17-31-21-13-9-19(25)10-14-21/h7-14,22H,4-6,15-17H2,1-3H3,(H,26,29)/t22-/m1/s1. The maximum atomic E-state index is 13.1. The van der Waals surface area contributed by atoms with E-state index in [2.05, 4.69) is 28.2 Å². The number of hydrogen-bond acceptors (Lipinski definition) is 4. The van der Waals surface area contributed by atoms with Gasteiger partial charge in [0.15, 0.2) is 6.61 Å². The van der Waals surface area contributed by atoms with Crippen LogP contribution in [0.25, 0.3) is 0 Å². The summed E-state index contributed by atoms with van der Waals surface area (Å²) in [7, 11) is 1.61. The third kappa shape index (κ3) is 7.90. The first-order valence-corrected chi connectivity index (χ1v) is 11.4. The van der Waals surface area contributed by atoms with Crippen molar-refractivity contribution < 1.29 is 19.1 Å². The maximum Gasteiger partial charge on any atom is 0.261 e. The largest absolute Gasteiger partial charge is 0.497 e. The molecule has 0 saturated carbocycles. The number of rotatable bonds is 12. The summed E-state index contributed by atoms with van der Waals surface area (Å²) >= 11 is 3.38. The van der Waals surface area contributed by atoms with E-state index in [1.807, 2.05) is 43.3 Å². The average Bonchev–Trinajstić information content (AvgIpc) is 2.79. The predicted molar refractivity (Wildman–Crippen MR) is 125 cm³/mol. The van der Waals surface area contributed by atoms with Gasteiger partial charge in [-0.3, -0.25) is 9.59 Å². The summed E-state index contributed by atoms with van der Waals surface area (Å²) in [5.74, 6) is 0.962. The Bertz CT molecular complexity index is 824. The second kappa shape index (κ2) is 13.0. The monoisotopic (exact) mass is 490 g/mol. The lowest BCUT2D eigenvalue weighted by Crippen LogP contribution is -2.50. The topological polar surface area (TPSA) is 67.9 Å². The Morgan fingerprint density at radius 1 is 1.03 bits per heavy atom. The SMILES string of the molecule is CCCCNC(=O)[C@@H](CC)N(Cc1ccc(OC)cc1)C(=O)COc1ccc(Br)cc1. The molecule has 0 saturated heterocycles. The summed E-state index contributed by atoms with van der Waals surface area (Å²) in [4.78, 5) is 27.6. The Hall–Kier alpha value is -2.54. The van der Waals surface area contributed by atoms with Crippen LogP contribution in [0.3, 0.4) is 0 Å². The second-order valence-electron chi connectivity index (χ2n) is 7.18. The number of hydrogen-bond donors (Lipinski definition) is 1. The first-order chi connectivity index (χ1) is 15.0. The molecule has 0 aliphatic rings. The highest BCUT2D eigenvalue weighted by Crippen LogP contribution is 2.18. The van der Waals surface area contributed by atoms with E-state index in [-0.39, 0.29) is 18.4 Å². The fraction of sp³-hybridized carbons (Fsp3) is 0.417. The minimum atomic E-state index is -0.569. The number of carbonyl (C=O) groups excluding carboxylic acids is 2. The molecular weight excluding hydrogens is 460 g/mol. The number of methoxy groups -OCH3 is 1. The fourth-order valence-electron chi connectivity index (χ4n) is 3.11. The number of benzene rings is 2. The van der Waals surface area contributed by atoms with Gasteiger partial charge in [-0.25, -0.2) is 0 Å². The van der Waals surface area contributed by atoms with E-state index in [1.54, 1.807) is 24.1 Å². The van der Waals surface area contributed by atoms with Crippen molar-refractivity contribution in [3.63, 3.8) is 0 Å². The van der Waals surface area contributed by atoms with Crippen molar-refractivity contribution in [2.24, 2.45) is 0 Å². The smallest absolute Gasteiger partial charge is 0.261 e. The van der Waals surface area contributed by atoms with E-state index in [4.69, 9.17) is 9.47 Å². The van der Waals surface area contributed by atoms with Crippen LogP contribution in [0, 0.1) is 0 Å². The lowest BCUT2D eigenvalue weighted by atomic mass is 10.1. The Morgan fingerprint density at radius 3 is 2.26 bits per heavy atom. The van der Waals surface area contributed by atoms with Crippen LogP contribution in [-0.2, 0) is 16.1 Å². The van der Waals surface area contributed by atoms with Crippen LogP contribution in [0.1, 0.15) is 38.7 Å². The van der Waals surface area contributed by atoms with E-state index >= 15 is 0 Å². The van der Waals surface area contributed by atoms with Crippen molar-refractivity contribution in [1.82, 2.24) is 10.2 Å². The summed E-state index contributed by atoms with van der Waals surface area (Å²) in [6.07, 6.45) is 2.41. The van der Waals surface area contributed by atoms with Crippen molar-refractivity contribution in [2.75, 3.05) is 20.3 Å². The molecule has 2 rings (SSSR count). The molecule has 0 spiro atoms. The fourth-order valence-corrected chi connectivity index (χ4v) is 3.38. The van der Waals surface area contributed by atoms with Crippen LogP contribution in [0.2, 0.25) is 0 Å². The second-order valence-corrected chi connectivity index (χ2v) is 8.10. The quantitative estimate of drug-likeness (QED) is 0.442. The summed E-state index contributed by atoms with van der Waals surface area (Å²) in [6, 6.07) is 14.2. The van der Waals surface area contributed by atoms with Crippen LogP contribution in [-0.4, -0.2) is 43.0 Å². The van der Waals surface area contributed by atoms with Gasteiger partial charge in [0.1, 0.15) is 17.5 Å². The lowest BCUT2D eigenvalue weighted by Gasteiger charge is -2.30. The summed E-state index contributed by atoms with van der Waals surface area (Å²) in [6.45, 7) is 4.75. The number of amides is 2. The Morgan fingerprint density at radius 2 is 1.68 bits per heavy atom. The van der Waals surface area contributed by atoms with Crippen LogP contribution in [0.5, 0.6) is 11.5 Å². The van der Waals surface area contributed by atoms with Gasteiger partial charge in [0.2, 0.25) is 5.91 Å². The number of unbranched alkanes of at least 4 members (excludes halogenated alkanes) is 1. The van der Waals surface area contributed by atoms with Gasteiger partial charge in [-0.2, -0.15) is 0 Å². The van der Waals surface area contributed by atoms with Crippen molar-refractivity contribution in [2.45, 2.75) is 45.7 Å². The summed E-state index contributed by atoms with van der Waals surface area (Å²) < 4.78 is 11.8. The van der Waals surface area contributed by atoms with E-state index in [9.17, 15) is 9.59 Å². The van der Waals surface area contributed by atoms with E-state index < -0.39 is 6.04 Å². The summed E-state index contributed by atoms with van der Waals surface area (Å²) in [5.41, 5.74) is 0.914. The molecule has 6 nitrogen and oxygen atoms in total. The number of nitrogens with zero attached hydrogens (tertiary/aromatic N) is 1. The highest BCUT2D eigenvalue weighted by atomic mass is 79.9. The number of carbonyl (C=O) groups is 2.